The number of para-hydroxylation sites is 2. The van der Waals surface area contributed by atoms with E-state index < -0.39 is 5.54 Å². The third-order valence-corrected chi connectivity index (χ3v) is 5.85. The number of anilines is 2. The van der Waals surface area contributed by atoms with Gasteiger partial charge in [-0.2, -0.15) is 0 Å². The minimum atomic E-state index is -0.984. The summed E-state index contributed by atoms with van der Waals surface area (Å²) < 4.78 is 11.0. The Bertz CT molecular complexity index is 973. The summed E-state index contributed by atoms with van der Waals surface area (Å²) in [5.41, 5.74) is 1.43. The number of likely N-dealkylation sites (N-methyl/N-ethyl adjacent to an activating group) is 1. The topological polar surface area (TPSA) is 72.3 Å². The molecule has 2 amide bonds. The van der Waals surface area contributed by atoms with Crippen molar-refractivity contribution in [3.05, 3.63) is 48.0 Å². The molecule has 0 saturated heterocycles. The summed E-state index contributed by atoms with van der Waals surface area (Å²) in [6, 6.07) is 12.9. The largest absolute Gasteiger partial charge is 0.493 e. The molecule has 0 radical (unpaired) electrons. The van der Waals surface area contributed by atoms with Crippen LogP contribution >= 0.6 is 0 Å². The fourth-order valence-electron chi connectivity index (χ4n) is 3.82. The summed E-state index contributed by atoms with van der Waals surface area (Å²) in [5.74, 6) is 1.09. The van der Waals surface area contributed by atoms with Gasteiger partial charge in [0.05, 0.1) is 32.1 Å². The van der Waals surface area contributed by atoms with Crippen LogP contribution in [0.25, 0.3) is 0 Å². The first-order valence-electron chi connectivity index (χ1n) is 10.6. The first kappa shape index (κ1) is 22.6. The highest BCUT2D eigenvalue weighted by Crippen LogP contribution is 2.37. The molecule has 1 heterocycles. The zero-order chi connectivity index (χ0) is 22.8. The van der Waals surface area contributed by atoms with Crippen molar-refractivity contribution < 1.29 is 24.0 Å². The molecule has 2 aromatic carbocycles. The molecule has 2 N–H and O–H groups in total. The molecule has 0 saturated carbocycles. The highest BCUT2D eigenvalue weighted by atomic mass is 16.5. The predicted octanol–water partition coefficient (Wildman–Crippen LogP) is 2.26. The zero-order valence-corrected chi connectivity index (χ0v) is 19.1. The van der Waals surface area contributed by atoms with Crippen molar-refractivity contribution in [3.63, 3.8) is 0 Å². The van der Waals surface area contributed by atoms with Crippen molar-refractivity contribution >= 4 is 23.2 Å². The Morgan fingerprint density at radius 3 is 2.58 bits per heavy atom. The second-order valence-electron chi connectivity index (χ2n) is 8.37. The van der Waals surface area contributed by atoms with E-state index in [2.05, 4.69) is 5.32 Å². The van der Waals surface area contributed by atoms with Gasteiger partial charge >= 0.3 is 0 Å². The monoisotopic (exact) mass is 426 g/mol. The normalized spacial score (nSPS) is 16.7. The number of carbonyl (C=O) groups is 2. The average Bonchev–Trinajstić information content (AvgIpc) is 2.74. The van der Waals surface area contributed by atoms with Crippen LogP contribution in [0.4, 0.5) is 11.4 Å². The summed E-state index contributed by atoms with van der Waals surface area (Å²) in [5, 5.41) is 2.91. The van der Waals surface area contributed by atoms with E-state index >= 15 is 0 Å². The van der Waals surface area contributed by atoms with Crippen molar-refractivity contribution in [1.82, 2.24) is 0 Å². The Labute approximate surface area is 183 Å². The van der Waals surface area contributed by atoms with Gasteiger partial charge in [0.1, 0.15) is 12.1 Å². The molecule has 31 heavy (non-hydrogen) atoms. The SMILES string of the molecule is CCOc1ccc(C[NH+](C)[C@@H](C)C(=O)N2c3ccccc3NC(=O)C2(C)C)cc1OC. The predicted molar refractivity (Wildman–Crippen MR) is 121 cm³/mol. The number of fused-ring (bicyclic) bond motifs is 1. The summed E-state index contributed by atoms with van der Waals surface area (Å²) >= 11 is 0. The molecule has 1 aliphatic heterocycles. The Morgan fingerprint density at radius 1 is 1.19 bits per heavy atom. The van der Waals surface area contributed by atoms with Gasteiger partial charge in [0.15, 0.2) is 17.5 Å². The number of ether oxygens (including phenoxy) is 2. The van der Waals surface area contributed by atoms with Crippen LogP contribution in [0.2, 0.25) is 0 Å². The van der Waals surface area contributed by atoms with Crippen molar-refractivity contribution in [2.24, 2.45) is 0 Å². The van der Waals surface area contributed by atoms with Crippen LogP contribution in [0, 0.1) is 0 Å². The lowest BCUT2D eigenvalue weighted by atomic mass is 9.95. The lowest BCUT2D eigenvalue weighted by Crippen LogP contribution is -3.13. The third kappa shape index (κ3) is 4.37. The molecule has 7 heteroatoms. The molecular weight excluding hydrogens is 394 g/mol. The molecule has 0 aliphatic carbocycles. The number of amides is 2. The van der Waals surface area contributed by atoms with Crippen LogP contribution in [-0.4, -0.2) is 44.2 Å². The molecule has 1 unspecified atom stereocenters. The molecule has 7 nitrogen and oxygen atoms in total. The summed E-state index contributed by atoms with van der Waals surface area (Å²) in [6.45, 7) is 8.56. The Morgan fingerprint density at radius 2 is 1.90 bits per heavy atom. The number of benzene rings is 2. The number of carbonyl (C=O) groups excluding carboxylic acids is 2. The van der Waals surface area contributed by atoms with E-state index in [1.54, 1.807) is 25.9 Å². The fourth-order valence-corrected chi connectivity index (χ4v) is 3.82. The molecule has 0 spiro atoms. The molecule has 0 aromatic heterocycles. The lowest BCUT2D eigenvalue weighted by molar-refractivity contribution is -0.908. The first-order chi connectivity index (χ1) is 14.7. The van der Waals surface area contributed by atoms with Gasteiger partial charge in [-0.3, -0.25) is 14.5 Å². The van der Waals surface area contributed by atoms with Gasteiger partial charge in [-0.15, -0.1) is 0 Å². The number of rotatable bonds is 7. The molecule has 0 bridgehead atoms. The lowest BCUT2D eigenvalue weighted by Gasteiger charge is -2.43. The smallest absolute Gasteiger partial charge is 0.285 e. The maximum Gasteiger partial charge on any atom is 0.285 e. The highest BCUT2D eigenvalue weighted by molar-refractivity contribution is 6.14. The van der Waals surface area contributed by atoms with Crippen LogP contribution in [0.5, 0.6) is 11.5 Å². The second-order valence-corrected chi connectivity index (χ2v) is 8.37. The van der Waals surface area contributed by atoms with Crippen LogP contribution in [0.15, 0.2) is 42.5 Å². The van der Waals surface area contributed by atoms with E-state index in [0.29, 0.717) is 30.3 Å². The van der Waals surface area contributed by atoms with Gasteiger partial charge < -0.3 is 19.7 Å². The van der Waals surface area contributed by atoms with Gasteiger partial charge in [-0.25, -0.2) is 0 Å². The maximum atomic E-state index is 13.6. The fraction of sp³-hybridized carbons (Fsp3) is 0.417. The molecule has 1 aliphatic rings. The Kier molecular flexibility index (Phi) is 6.55. The number of methoxy groups -OCH3 is 1. The van der Waals surface area contributed by atoms with Gasteiger partial charge in [-0.1, -0.05) is 12.1 Å². The molecule has 2 aromatic rings. The van der Waals surface area contributed by atoms with Crippen LogP contribution in [0.1, 0.15) is 33.3 Å². The summed E-state index contributed by atoms with van der Waals surface area (Å²) in [7, 11) is 3.60. The minimum Gasteiger partial charge on any atom is -0.493 e. The molecule has 2 atom stereocenters. The third-order valence-electron chi connectivity index (χ3n) is 5.85. The van der Waals surface area contributed by atoms with Crippen LogP contribution in [-0.2, 0) is 16.1 Å². The van der Waals surface area contributed by atoms with Crippen LogP contribution < -0.4 is 24.6 Å². The number of quaternary nitrogens is 1. The average molecular weight is 427 g/mol. The van der Waals surface area contributed by atoms with E-state index in [-0.39, 0.29) is 17.9 Å². The van der Waals surface area contributed by atoms with Crippen molar-refractivity contribution in [3.8, 4) is 11.5 Å². The van der Waals surface area contributed by atoms with E-state index in [0.717, 1.165) is 16.2 Å². The van der Waals surface area contributed by atoms with E-state index in [9.17, 15) is 9.59 Å². The van der Waals surface area contributed by atoms with E-state index in [1.165, 1.54) is 0 Å². The Balaban J connectivity index is 1.83. The van der Waals surface area contributed by atoms with Gasteiger partial charge in [0, 0.05) is 5.56 Å². The molecule has 0 fully saturated rings. The van der Waals surface area contributed by atoms with E-state index in [1.807, 2.05) is 63.4 Å². The standard InChI is InChI=1S/C24H31N3O4/c1-7-31-20-13-12-17(14-21(20)30-6)15-26(5)16(2)22(28)27-19-11-9-8-10-18(19)25-23(29)24(27,3)4/h8-14,16H,7,15H2,1-6H3,(H,25,29)/p+1/t16-/m0/s1. The quantitative estimate of drug-likeness (QED) is 0.713. The molecule has 166 valence electrons. The highest BCUT2D eigenvalue weighted by Gasteiger charge is 2.46. The maximum absolute atomic E-state index is 13.6. The number of hydrogen-bond acceptors (Lipinski definition) is 4. The summed E-state index contributed by atoms with van der Waals surface area (Å²) in [6.07, 6.45) is 0. The van der Waals surface area contributed by atoms with Crippen molar-refractivity contribution in [2.45, 2.75) is 45.8 Å². The Hall–Kier alpha value is -3.06. The molecular formula is C24H32N3O4+. The van der Waals surface area contributed by atoms with Gasteiger partial charge in [-0.05, 0) is 58.0 Å². The van der Waals surface area contributed by atoms with Gasteiger partial charge in [0.2, 0.25) is 5.91 Å². The van der Waals surface area contributed by atoms with Crippen molar-refractivity contribution in [2.75, 3.05) is 31.0 Å². The number of nitrogens with zero attached hydrogens (tertiary/aromatic N) is 1. The molecule has 3 rings (SSSR count). The zero-order valence-electron chi connectivity index (χ0n) is 19.1. The first-order valence-corrected chi connectivity index (χ1v) is 10.6. The number of hydrogen-bond donors (Lipinski definition) is 2. The van der Waals surface area contributed by atoms with Crippen LogP contribution in [0.3, 0.4) is 0 Å². The van der Waals surface area contributed by atoms with Gasteiger partial charge in [0.25, 0.3) is 5.91 Å². The summed E-state index contributed by atoms with van der Waals surface area (Å²) in [4.78, 5) is 28.9. The van der Waals surface area contributed by atoms with Crippen molar-refractivity contribution in [1.29, 1.82) is 0 Å². The second kappa shape index (κ2) is 8.98. The minimum absolute atomic E-state index is 0.0947. The van der Waals surface area contributed by atoms with E-state index in [4.69, 9.17) is 9.47 Å². The number of nitrogens with one attached hydrogen (secondary N) is 2.